The molecule has 1 amide bonds. The molecule has 0 bridgehead atoms. The Balaban J connectivity index is 2.49. The molecule has 7 atom stereocenters. The number of ether oxygens (including phenoxy) is 2. The lowest BCUT2D eigenvalue weighted by molar-refractivity contribution is -0.302. The van der Waals surface area contributed by atoms with E-state index in [1.54, 1.807) is 6.08 Å². The van der Waals surface area contributed by atoms with Crippen molar-refractivity contribution in [2.45, 2.75) is 153 Å². The summed E-state index contributed by atoms with van der Waals surface area (Å²) in [7, 11) is 0. The molecule has 1 fully saturated rings. The molecule has 0 saturated carbocycles. The molecule has 0 radical (unpaired) electrons. The monoisotopic (exact) mass is 571 g/mol. The Kier molecular flexibility index (Phi) is 21.3. The molecule has 1 aliphatic heterocycles. The fourth-order valence-corrected chi connectivity index (χ4v) is 4.64. The smallest absolute Gasteiger partial charge is 0.220 e. The number of carbonyl (C=O) groups excluding carboxylic acids is 1. The van der Waals surface area contributed by atoms with E-state index < -0.39 is 49.5 Å². The van der Waals surface area contributed by atoms with Crippen molar-refractivity contribution in [2.75, 3.05) is 13.2 Å². The first kappa shape index (κ1) is 36.7. The second-order valence-electron chi connectivity index (χ2n) is 10.9. The highest BCUT2D eigenvalue weighted by atomic mass is 16.7. The third-order valence-corrected chi connectivity index (χ3v) is 7.28. The Morgan fingerprint density at radius 3 is 2.10 bits per heavy atom. The SMILES string of the molecule is CCCCCCCCCC/C=C/CC/C=C/C(O)C(COC1OC(CO)C(O)C(O)C1O)NC(=O)CCCCC. The van der Waals surface area contributed by atoms with E-state index >= 15 is 0 Å². The van der Waals surface area contributed by atoms with E-state index in [1.807, 2.05) is 6.08 Å². The number of allylic oxidation sites excluding steroid dienone is 3. The standard InChI is InChI=1S/C31H57NO8/c1-3-5-7-8-9-10-11-12-13-14-15-16-17-19-20-25(34)24(32-27(35)21-18-6-4-2)23-39-31-30(38)29(37)28(36)26(22-33)40-31/h14-15,19-20,24-26,28-31,33-34,36-38H,3-13,16-18,21-23H2,1-2H3,(H,32,35)/b15-14+,20-19+. The summed E-state index contributed by atoms with van der Waals surface area (Å²) in [5.41, 5.74) is 0. The highest BCUT2D eigenvalue weighted by Crippen LogP contribution is 2.22. The number of unbranched alkanes of at least 4 members (excludes halogenated alkanes) is 11. The van der Waals surface area contributed by atoms with Crippen molar-refractivity contribution in [2.24, 2.45) is 0 Å². The molecule has 9 heteroatoms. The Morgan fingerprint density at radius 1 is 0.825 bits per heavy atom. The Labute approximate surface area is 241 Å². The summed E-state index contributed by atoms with van der Waals surface area (Å²) < 4.78 is 11.0. The van der Waals surface area contributed by atoms with Crippen molar-refractivity contribution >= 4 is 5.91 Å². The van der Waals surface area contributed by atoms with Crippen LogP contribution in [0.4, 0.5) is 0 Å². The van der Waals surface area contributed by atoms with Crippen LogP contribution in [-0.2, 0) is 14.3 Å². The van der Waals surface area contributed by atoms with Crippen LogP contribution in [0.25, 0.3) is 0 Å². The van der Waals surface area contributed by atoms with Gasteiger partial charge in [-0.1, -0.05) is 95.9 Å². The van der Waals surface area contributed by atoms with Gasteiger partial charge in [0, 0.05) is 6.42 Å². The van der Waals surface area contributed by atoms with E-state index in [9.17, 15) is 30.3 Å². The van der Waals surface area contributed by atoms with Crippen molar-refractivity contribution in [3.8, 4) is 0 Å². The summed E-state index contributed by atoms with van der Waals surface area (Å²) in [6, 6.07) is -0.810. The van der Waals surface area contributed by atoms with Crippen LogP contribution < -0.4 is 5.32 Å². The average Bonchev–Trinajstić information content (AvgIpc) is 2.95. The van der Waals surface area contributed by atoms with E-state index in [0.717, 1.165) is 38.5 Å². The number of hydrogen-bond acceptors (Lipinski definition) is 8. The van der Waals surface area contributed by atoms with Crippen molar-refractivity contribution in [3.63, 3.8) is 0 Å². The fraction of sp³-hybridized carbons (Fsp3) is 0.839. The summed E-state index contributed by atoms with van der Waals surface area (Å²) in [6.45, 7) is 3.52. The van der Waals surface area contributed by atoms with E-state index in [-0.39, 0.29) is 12.5 Å². The molecule has 1 aliphatic rings. The van der Waals surface area contributed by atoms with E-state index in [2.05, 4.69) is 31.3 Å². The number of rotatable bonds is 23. The van der Waals surface area contributed by atoms with Gasteiger partial charge in [-0.3, -0.25) is 4.79 Å². The van der Waals surface area contributed by atoms with Gasteiger partial charge in [-0.15, -0.1) is 0 Å². The molecule has 7 unspecified atom stereocenters. The van der Waals surface area contributed by atoms with E-state index in [4.69, 9.17) is 9.47 Å². The molecule has 0 aliphatic carbocycles. The Morgan fingerprint density at radius 2 is 1.43 bits per heavy atom. The number of hydrogen-bond donors (Lipinski definition) is 6. The van der Waals surface area contributed by atoms with Crippen molar-refractivity contribution < 1.29 is 39.8 Å². The highest BCUT2D eigenvalue weighted by molar-refractivity contribution is 5.76. The van der Waals surface area contributed by atoms with Crippen molar-refractivity contribution in [3.05, 3.63) is 24.3 Å². The second-order valence-corrected chi connectivity index (χ2v) is 10.9. The quantitative estimate of drug-likeness (QED) is 0.0804. The Hall–Kier alpha value is -1.33. The lowest BCUT2D eigenvalue weighted by Gasteiger charge is -2.40. The van der Waals surface area contributed by atoms with Crippen LogP contribution in [0.15, 0.2) is 24.3 Å². The molecule has 1 heterocycles. The number of carbonyl (C=O) groups is 1. The number of nitrogens with one attached hydrogen (secondary N) is 1. The lowest BCUT2D eigenvalue weighted by atomic mass is 9.99. The van der Waals surface area contributed by atoms with Crippen LogP contribution in [0.2, 0.25) is 0 Å². The average molecular weight is 572 g/mol. The Bertz CT molecular complexity index is 686. The molecule has 9 nitrogen and oxygen atoms in total. The minimum Gasteiger partial charge on any atom is -0.394 e. The lowest BCUT2D eigenvalue weighted by Crippen LogP contribution is -2.60. The van der Waals surface area contributed by atoms with Crippen molar-refractivity contribution in [1.82, 2.24) is 5.32 Å². The number of amides is 1. The van der Waals surface area contributed by atoms with Gasteiger partial charge < -0.3 is 40.3 Å². The molecule has 1 rings (SSSR count). The van der Waals surface area contributed by atoms with Crippen LogP contribution in [-0.4, -0.2) is 87.5 Å². The minimum atomic E-state index is -1.56. The normalized spacial score (nSPS) is 25.0. The first-order valence-corrected chi connectivity index (χ1v) is 15.6. The van der Waals surface area contributed by atoms with Crippen LogP contribution in [0, 0.1) is 0 Å². The zero-order valence-corrected chi connectivity index (χ0v) is 24.8. The third kappa shape index (κ3) is 15.6. The molecule has 1 saturated heterocycles. The molecule has 0 aromatic carbocycles. The van der Waals surface area contributed by atoms with E-state index in [1.165, 1.54) is 51.4 Å². The second kappa shape index (κ2) is 23.3. The van der Waals surface area contributed by atoms with Crippen LogP contribution in [0.1, 0.15) is 110 Å². The summed E-state index contributed by atoms with van der Waals surface area (Å²) in [5, 5.41) is 53.1. The molecule has 6 N–H and O–H groups in total. The fourth-order valence-electron chi connectivity index (χ4n) is 4.64. The molecule has 0 spiro atoms. The van der Waals surface area contributed by atoms with Crippen molar-refractivity contribution in [1.29, 1.82) is 0 Å². The molecular weight excluding hydrogens is 514 g/mol. The number of aliphatic hydroxyl groups is 5. The van der Waals surface area contributed by atoms with Gasteiger partial charge in [-0.2, -0.15) is 0 Å². The maximum absolute atomic E-state index is 12.4. The summed E-state index contributed by atoms with van der Waals surface area (Å²) >= 11 is 0. The first-order chi connectivity index (χ1) is 19.3. The topological polar surface area (TPSA) is 149 Å². The number of aliphatic hydroxyl groups excluding tert-OH is 5. The highest BCUT2D eigenvalue weighted by Gasteiger charge is 2.44. The van der Waals surface area contributed by atoms with Gasteiger partial charge in [-0.25, -0.2) is 0 Å². The predicted molar refractivity (Wildman–Crippen MR) is 157 cm³/mol. The van der Waals surface area contributed by atoms with Gasteiger partial charge in [0.2, 0.25) is 5.91 Å². The molecular formula is C31H57NO8. The minimum absolute atomic E-state index is 0.202. The van der Waals surface area contributed by atoms with Gasteiger partial charge in [-0.05, 0) is 32.1 Å². The van der Waals surface area contributed by atoms with Gasteiger partial charge in [0.1, 0.15) is 24.4 Å². The zero-order chi connectivity index (χ0) is 29.6. The van der Waals surface area contributed by atoms with E-state index in [0.29, 0.717) is 6.42 Å². The molecule has 0 aromatic heterocycles. The van der Waals surface area contributed by atoms with Gasteiger partial charge in [0.25, 0.3) is 0 Å². The first-order valence-electron chi connectivity index (χ1n) is 15.6. The molecule has 234 valence electrons. The maximum Gasteiger partial charge on any atom is 0.220 e. The third-order valence-electron chi connectivity index (χ3n) is 7.28. The van der Waals surface area contributed by atoms with Crippen LogP contribution >= 0.6 is 0 Å². The molecule has 40 heavy (non-hydrogen) atoms. The summed E-state index contributed by atoms with van der Waals surface area (Å²) in [4.78, 5) is 12.4. The van der Waals surface area contributed by atoms with Gasteiger partial charge >= 0.3 is 0 Å². The molecule has 0 aromatic rings. The summed E-state index contributed by atoms with van der Waals surface area (Å²) in [5.74, 6) is -0.216. The largest absolute Gasteiger partial charge is 0.394 e. The zero-order valence-electron chi connectivity index (χ0n) is 24.8. The maximum atomic E-state index is 12.4. The summed E-state index contributed by atoms with van der Waals surface area (Å²) in [6.07, 6.45) is 15.9. The van der Waals surface area contributed by atoms with Crippen LogP contribution in [0.3, 0.4) is 0 Å². The van der Waals surface area contributed by atoms with Gasteiger partial charge in [0.15, 0.2) is 6.29 Å². The van der Waals surface area contributed by atoms with Gasteiger partial charge in [0.05, 0.1) is 25.4 Å². The predicted octanol–water partition coefficient (Wildman–Crippen LogP) is 3.65. The van der Waals surface area contributed by atoms with Crippen LogP contribution in [0.5, 0.6) is 0 Å².